The molecule has 0 fully saturated rings. The Morgan fingerprint density at radius 2 is 2.20 bits per heavy atom. The first-order valence-electron chi connectivity index (χ1n) is 2.74. The van der Waals surface area contributed by atoms with Crippen molar-refractivity contribution >= 4 is 34.2 Å². The highest BCUT2D eigenvalue weighted by atomic mass is 127. The fourth-order valence-electron chi connectivity index (χ4n) is 0.652. The summed E-state index contributed by atoms with van der Waals surface area (Å²) in [6, 6.07) is 5.19. The van der Waals surface area contributed by atoms with Gasteiger partial charge in [0.1, 0.15) is 5.82 Å². The summed E-state index contributed by atoms with van der Waals surface area (Å²) < 4.78 is 13.5. The monoisotopic (exact) mass is 270 g/mol. The van der Waals surface area contributed by atoms with Crippen molar-refractivity contribution in [2.45, 2.75) is 5.88 Å². The summed E-state index contributed by atoms with van der Waals surface area (Å²) >= 11 is 7.40. The topological polar surface area (TPSA) is 0 Å². The van der Waals surface area contributed by atoms with E-state index in [1.54, 1.807) is 18.2 Å². The summed E-state index contributed by atoms with van der Waals surface area (Å²) in [7, 11) is 0. The largest absolute Gasteiger partial charge is 0.205 e. The highest BCUT2D eigenvalue weighted by Gasteiger charge is 2.02. The third kappa shape index (κ3) is 1.61. The second-order valence-electron chi connectivity index (χ2n) is 1.85. The molecule has 1 aromatic carbocycles. The molecule has 0 aliphatic rings. The van der Waals surface area contributed by atoms with Crippen LogP contribution in [-0.2, 0) is 5.88 Å². The summed E-state index contributed by atoms with van der Waals surface area (Å²) in [6.45, 7) is 0. The Hall–Kier alpha value is 0.170. The molecule has 0 aliphatic carbocycles. The molecule has 0 aromatic heterocycles. The zero-order chi connectivity index (χ0) is 7.56. The number of halogens is 3. The van der Waals surface area contributed by atoms with Crippen LogP contribution in [0.2, 0.25) is 0 Å². The van der Waals surface area contributed by atoms with Gasteiger partial charge in [-0.2, -0.15) is 0 Å². The van der Waals surface area contributed by atoms with Crippen LogP contribution in [0.3, 0.4) is 0 Å². The molecule has 0 heterocycles. The van der Waals surface area contributed by atoms with Crippen LogP contribution in [0.25, 0.3) is 0 Å². The predicted octanol–water partition coefficient (Wildman–Crippen LogP) is 3.17. The summed E-state index contributed by atoms with van der Waals surface area (Å²) in [5.41, 5.74) is 0.563. The number of hydrogen-bond donors (Lipinski definition) is 0. The van der Waals surface area contributed by atoms with Gasteiger partial charge in [0, 0.05) is 9.13 Å². The standard InChI is InChI=1S/C7H5ClFI/c8-4-5-2-1-3-6(10)7(5)9/h1-3H,4H2. The average molecular weight is 270 g/mol. The van der Waals surface area contributed by atoms with Gasteiger partial charge in [0.25, 0.3) is 0 Å². The smallest absolute Gasteiger partial charge is 0.140 e. The molecule has 0 atom stereocenters. The van der Waals surface area contributed by atoms with Crippen molar-refractivity contribution in [3.8, 4) is 0 Å². The molecular weight excluding hydrogens is 265 g/mol. The van der Waals surface area contributed by atoms with Crippen LogP contribution in [-0.4, -0.2) is 0 Å². The van der Waals surface area contributed by atoms with Gasteiger partial charge in [-0.1, -0.05) is 12.1 Å². The van der Waals surface area contributed by atoms with Crippen LogP contribution >= 0.6 is 34.2 Å². The zero-order valence-electron chi connectivity index (χ0n) is 5.07. The Balaban J connectivity index is 3.14. The molecule has 0 saturated carbocycles. The fourth-order valence-corrected chi connectivity index (χ4v) is 1.41. The van der Waals surface area contributed by atoms with Crippen molar-refractivity contribution in [2.24, 2.45) is 0 Å². The summed E-state index contributed by atoms with van der Waals surface area (Å²) in [6.07, 6.45) is 0. The van der Waals surface area contributed by atoms with Gasteiger partial charge >= 0.3 is 0 Å². The van der Waals surface area contributed by atoms with Gasteiger partial charge < -0.3 is 0 Å². The molecule has 0 unspecified atom stereocenters. The van der Waals surface area contributed by atoms with E-state index in [0.717, 1.165) is 0 Å². The SMILES string of the molecule is Fc1c(I)cccc1CCl. The van der Waals surface area contributed by atoms with Crippen molar-refractivity contribution in [2.75, 3.05) is 0 Å². The van der Waals surface area contributed by atoms with E-state index in [-0.39, 0.29) is 11.7 Å². The molecule has 0 amide bonds. The lowest BCUT2D eigenvalue weighted by molar-refractivity contribution is 0.609. The van der Waals surface area contributed by atoms with Crippen LogP contribution in [0, 0.1) is 9.39 Å². The first-order chi connectivity index (χ1) is 4.75. The van der Waals surface area contributed by atoms with E-state index in [1.165, 1.54) is 0 Å². The maximum absolute atomic E-state index is 12.9. The molecule has 0 N–H and O–H groups in total. The summed E-state index contributed by atoms with van der Waals surface area (Å²) in [4.78, 5) is 0. The average Bonchev–Trinajstić information content (AvgIpc) is 1.95. The van der Waals surface area contributed by atoms with Gasteiger partial charge in [0.2, 0.25) is 0 Å². The Kier molecular flexibility index (Phi) is 2.92. The molecule has 0 aliphatic heterocycles. The molecular formula is C7H5ClFI. The molecule has 0 radical (unpaired) electrons. The second kappa shape index (κ2) is 3.53. The van der Waals surface area contributed by atoms with Crippen molar-refractivity contribution in [1.29, 1.82) is 0 Å². The van der Waals surface area contributed by atoms with Crippen molar-refractivity contribution in [3.05, 3.63) is 33.1 Å². The van der Waals surface area contributed by atoms with Crippen molar-refractivity contribution in [3.63, 3.8) is 0 Å². The second-order valence-corrected chi connectivity index (χ2v) is 3.28. The fraction of sp³-hybridized carbons (Fsp3) is 0.143. The van der Waals surface area contributed by atoms with Crippen LogP contribution in [0.1, 0.15) is 5.56 Å². The Bertz CT molecular complexity index is 237. The lowest BCUT2D eigenvalue weighted by Gasteiger charge is -1.98. The Labute approximate surface area is 77.5 Å². The molecule has 1 aromatic rings. The Morgan fingerprint density at radius 1 is 1.50 bits per heavy atom. The number of alkyl halides is 1. The molecule has 0 nitrogen and oxygen atoms in total. The highest BCUT2D eigenvalue weighted by Crippen LogP contribution is 2.15. The molecule has 10 heavy (non-hydrogen) atoms. The molecule has 0 saturated heterocycles. The van der Waals surface area contributed by atoms with Gasteiger partial charge in [-0.15, -0.1) is 11.6 Å². The van der Waals surface area contributed by atoms with E-state index >= 15 is 0 Å². The van der Waals surface area contributed by atoms with Crippen molar-refractivity contribution < 1.29 is 4.39 Å². The number of rotatable bonds is 1. The number of hydrogen-bond acceptors (Lipinski definition) is 0. The van der Waals surface area contributed by atoms with Crippen LogP contribution in [0.5, 0.6) is 0 Å². The van der Waals surface area contributed by atoms with Gasteiger partial charge in [-0.25, -0.2) is 4.39 Å². The normalized spacial score (nSPS) is 9.90. The minimum Gasteiger partial charge on any atom is -0.205 e. The third-order valence-electron chi connectivity index (χ3n) is 1.18. The highest BCUT2D eigenvalue weighted by molar-refractivity contribution is 14.1. The summed E-state index contributed by atoms with van der Waals surface area (Å²) in [5, 5.41) is 0. The van der Waals surface area contributed by atoms with Gasteiger partial charge in [-0.3, -0.25) is 0 Å². The molecule has 3 heteroatoms. The van der Waals surface area contributed by atoms with Gasteiger partial charge in [0.05, 0.1) is 5.88 Å². The van der Waals surface area contributed by atoms with E-state index in [0.29, 0.717) is 9.13 Å². The molecule has 54 valence electrons. The van der Waals surface area contributed by atoms with E-state index in [1.807, 2.05) is 22.6 Å². The number of benzene rings is 1. The zero-order valence-corrected chi connectivity index (χ0v) is 7.99. The maximum atomic E-state index is 12.9. The van der Waals surface area contributed by atoms with E-state index in [4.69, 9.17) is 11.6 Å². The van der Waals surface area contributed by atoms with E-state index in [2.05, 4.69) is 0 Å². The van der Waals surface area contributed by atoms with Crippen LogP contribution in [0.15, 0.2) is 18.2 Å². The first-order valence-corrected chi connectivity index (χ1v) is 4.36. The quantitative estimate of drug-likeness (QED) is 0.543. The van der Waals surface area contributed by atoms with E-state index < -0.39 is 0 Å². The molecule has 1 rings (SSSR count). The van der Waals surface area contributed by atoms with Crippen LogP contribution in [0.4, 0.5) is 4.39 Å². The lowest BCUT2D eigenvalue weighted by atomic mass is 10.2. The minimum atomic E-state index is -0.196. The minimum absolute atomic E-state index is 0.196. The van der Waals surface area contributed by atoms with Crippen LogP contribution < -0.4 is 0 Å². The van der Waals surface area contributed by atoms with Gasteiger partial charge in [0.15, 0.2) is 0 Å². The van der Waals surface area contributed by atoms with Gasteiger partial charge in [-0.05, 0) is 28.7 Å². The molecule has 0 bridgehead atoms. The maximum Gasteiger partial charge on any atom is 0.140 e. The Morgan fingerprint density at radius 3 is 2.70 bits per heavy atom. The predicted molar refractivity (Wildman–Crippen MR) is 48.7 cm³/mol. The van der Waals surface area contributed by atoms with E-state index in [9.17, 15) is 4.39 Å². The lowest BCUT2D eigenvalue weighted by Crippen LogP contribution is -1.88. The molecule has 0 spiro atoms. The first kappa shape index (κ1) is 8.27. The summed E-state index contributed by atoms with van der Waals surface area (Å²) in [5.74, 6) is 0.0426. The third-order valence-corrected chi connectivity index (χ3v) is 2.30. The van der Waals surface area contributed by atoms with Crippen molar-refractivity contribution in [1.82, 2.24) is 0 Å².